The van der Waals surface area contributed by atoms with Gasteiger partial charge in [0.05, 0.1) is 12.6 Å². The summed E-state index contributed by atoms with van der Waals surface area (Å²) in [5, 5.41) is 1.07. The van der Waals surface area contributed by atoms with Gasteiger partial charge in [-0.15, -0.1) is 0 Å². The van der Waals surface area contributed by atoms with Crippen molar-refractivity contribution in [3.63, 3.8) is 0 Å². The van der Waals surface area contributed by atoms with Gasteiger partial charge in [-0.2, -0.15) is 4.83 Å². The van der Waals surface area contributed by atoms with E-state index in [2.05, 4.69) is 15.2 Å². The van der Waals surface area contributed by atoms with E-state index in [0.29, 0.717) is 28.6 Å². The van der Waals surface area contributed by atoms with Gasteiger partial charge in [0.1, 0.15) is 5.04 Å². The lowest BCUT2D eigenvalue weighted by Crippen LogP contribution is -2.33. The lowest BCUT2D eigenvalue weighted by molar-refractivity contribution is 0.506. The van der Waals surface area contributed by atoms with Crippen LogP contribution < -0.4 is 10.3 Å². The standard InChI is InChI=1S/C16H14ClF2N3OS/c17-12-4-1-10(2-5-12)9-20-16-15(21-22-24(16)23)8-11-3-6-13(18)14(19)7-11/h1-7,15,21-22H,8-9H2. The Hall–Kier alpha value is -1.67. The molecule has 2 unspecified atom stereocenters. The van der Waals surface area contributed by atoms with Crippen molar-refractivity contribution >= 4 is 27.6 Å². The second kappa shape index (κ2) is 7.48. The first-order valence-electron chi connectivity index (χ1n) is 7.18. The van der Waals surface area contributed by atoms with E-state index in [9.17, 15) is 13.0 Å². The molecule has 0 spiro atoms. The van der Waals surface area contributed by atoms with E-state index >= 15 is 0 Å². The molecule has 2 N–H and O–H groups in total. The molecule has 0 aliphatic carbocycles. The number of hydrazine groups is 1. The summed E-state index contributed by atoms with van der Waals surface area (Å²) in [6, 6.07) is 10.6. The summed E-state index contributed by atoms with van der Waals surface area (Å²) >= 11 is 5.84. The van der Waals surface area contributed by atoms with Gasteiger partial charge in [-0.25, -0.2) is 18.4 Å². The Morgan fingerprint density at radius 2 is 1.79 bits per heavy atom. The number of hydrogen-bond donors (Lipinski definition) is 2. The van der Waals surface area contributed by atoms with Gasteiger partial charge in [0, 0.05) is 5.02 Å². The molecule has 0 amide bonds. The highest BCUT2D eigenvalue weighted by Gasteiger charge is 2.29. The van der Waals surface area contributed by atoms with E-state index in [0.717, 1.165) is 17.7 Å². The van der Waals surface area contributed by atoms with E-state index < -0.39 is 22.6 Å². The predicted octanol–water partition coefficient (Wildman–Crippen LogP) is 2.90. The number of benzene rings is 2. The fourth-order valence-corrected chi connectivity index (χ4v) is 3.40. The van der Waals surface area contributed by atoms with Gasteiger partial charge in [0.2, 0.25) is 0 Å². The number of nitrogens with one attached hydrogen (secondary N) is 2. The maximum Gasteiger partial charge on any atom is 0.159 e. The van der Waals surface area contributed by atoms with Crippen LogP contribution >= 0.6 is 11.6 Å². The minimum absolute atomic E-state index is 0.343. The summed E-state index contributed by atoms with van der Waals surface area (Å²) in [6.07, 6.45) is 0.343. The van der Waals surface area contributed by atoms with Gasteiger partial charge in [-0.3, -0.25) is 4.99 Å². The quantitative estimate of drug-likeness (QED) is 0.870. The largest absolute Gasteiger partial charge is 0.272 e. The predicted molar refractivity (Wildman–Crippen MR) is 90.9 cm³/mol. The lowest BCUT2D eigenvalue weighted by atomic mass is 10.1. The molecule has 24 heavy (non-hydrogen) atoms. The number of nitrogens with zero attached hydrogens (tertiary/aromatic N) is 1. The molecule has 2 aromatic carbocycles. The molecule has 1 aliphatic rings. The van der Waals surface area contributed by atoms with Crippen molar-refractivity contribution in [2.24, 2.45) is 4.99 Å². The first-order chi connectivity index (χ1) is 11.5. The second-order valence-electron chi connectivity index (χ2n) is 5.30. The molecule has 126 valence electrons. The molecule has 2 aromatic rings. The SMILES string of the molecule is O=S1NNC(Cc2ccc(F)c(F)c2)C1=NCc1ccc(Cl)cc1. The Morgan fingerprint density at radius 3 is 2.50 bits per heavy atom. The zero-order chi connectivity index (χ0) is 17.1. The summed E-state index contributed by atoms with van der Waals surface area (Å²) in [5.41, 5.74) is 4.39. The molecular weight excluding hydrogens is 356 g/mol. The van der Waals surface area contributed by atoms with Gasteiger partial charge in [-0.1, -0.05) is 29.8 Å². The van der Waals surface area contributed by atoms with Crippen molar-refractivity contribution in [1.82, 2.24) is 10.3 Å². The molecule has 4 nitrogen and oxygen atoms in total. The van der Waals surface area contributed by atoms with E-state index in [1.807, 2.05) is 12.1 Å². The van der Waals surface area contributed by atoms with Crippen LogP contribution in [0.15, 0.2) is 47.5 Å². The molecule has 1 aliphatic heterocycles. The zero-order valence-corrected chi connectivity index (χ0v) is 14.0. The van der Waals surface area contributed by atoms with Gasteiger partial charge in [-0.05, 0) is 41.8 Å². The molecule has 0 aromatic heterocycles. The molecule has 3 rings (SSSR count). The first-order valence-corrected chi connectivity index (χ1v) is 8.71. The van der Waals surface area contributed by atoms with Crippen molar-refractivity contribution in [3.8, 4) is 0 Å². The molecule has 0 saturated carbocycles. The third kappa shape index (κ3) is 4.05. The van der Waals surface area contributed by atoms with Crippen molar-refractivity contribution in [2.45, 2.75) is 19.0 Å². The van der Waals surface area contributed by atoms with Gasteiger partial charge in [0.25, 0.3) is 0 Å². The maximum atomic E-state index is 13.3. The Morgan fingerprint density at radius 1 is 1.08 bits per heavy atom. The van der Waals surface area contributed by atoms with Crippen LogP contribution in [0.1, 0.15) is 11.1 Å². The zero-order valence-electron chi connectivity index (χ0n) is 12.4. The summed E-state index contributed by atoms with van der Waals surface area (Å²) in [5.74, 6) is -1.80. The minimum atomic E-state index is -1.46. The van der Waals surface area contributed by atoms with Crippen LogP contribution in [-0.4, -0.2) is 15.3 Å². The third-order valence-corrected chi connectivity index (χ3v) is 4.92. The van der Waals surface area contributed by atoms with Crippen molar-refractivity contribution in [1.29, 1.82) is 0 Å². The lowest BCUT2D eigenvalue weighted by Gasteiger charge is -2.10. The van der Waals surface area contributed by atoms with Crippen LogP contribution in [0.25, 0.3) is 0 Å². The van der Waals surface area contributed by atoms with Gasteiger partial charge >= 0.3 is 0 Å². The minimum Gasteiger partial charge on any atom is -0.272 e. The Kier molecular flexibility index (Phi) is 5.35. The van der Waals surface area contributed by atoms with Crippen LogP contribution in [0.5, 0.6) is 0 Å². The van der Waals surface area contributed by atoms with Crippen molar-refractivity contribution < 1.29 is 13.0 Å². The molecule has 0 radical (unpaired) electrons. The molecule has 1 heterocycles. The highest BCUT2D eigenvalue weighted by Crippen LogP contribution is 2.15. The molecule has 8 heteroatoms. The smallest absolute Gasteiger partial charge is 0.159 e. The summed E-state index contributed by atoms with van der Waals surface area (Å²) in [4.78, 5) is 7.02. The summed E-state index contributed by atoms with van der Waals surface area (Å²) < 4.78 is 38.3. The number of hydrogen-bond acceptors (Lipinski definition) is 3. The Labute approximate surface area is 145 Å². The Balaban J connectivity index is 1.74. The fourth-order valence-electron chi connectivity index (χ4n) is 2.34. The maximum absolute atomic E-state index is 13.3. The highest BCUT2D eigenvalue weighted by atomic mass is 35.5. The van der Waals surface area contributed by atoms with E-state index in [4.69, 9.17) is 11.6 Å². The summed E-state index contributed by atoms with van der Waals surface area (Å²) in [7, 11) is -1.46. The topological polar surface area (TPSA) is 53.5 Å². The number of rotatable bonds is 4. The van der Waals surface area contributed by atoms with Gasteiger partial charge in [0.15, 0.2) is 22.6 Å². The van der Waals surface area contributed by atoms with E-state index in [1.54, 1.807) is 12.1 Å². The van der Waals surface area contributed by atoms with Crippen LogP contribution in [0, 0.1) is 11.6 Å². The number of halogens is 3. The molecule has 1 saturated heterocycles. The first kappa shape index (κ1) is 17.2. The average molecular weight is 370 g/mol. The van der Waals surface area contributed by atoms with E-state index in [1.165, 1.54) is 6.07 Å². The Bertz CT molecular complexity index is 798. The van der Waals surface area contributed by atoms with Crippen molar-refractivity contribution in [2.75, 3.05) is 0 Å². The normalized spacial score (nSPS) is 22.2. The summed E-state index contributed by atoms with van der Waals surface area (Å²) in [6.45, 7) is 0.357. The molecular formula is C16H14ClF2N3OS. The van der Waals surface area contributed by atoms with Crippen LogP contribution in [0.3, 0.4) is 0 Å². The second-order valence-corrected chi connectivity index (χ2v) is 6.90. The molecule has 0 bridgehead atoms. The van der Waals surface area contributed by atoms with Crippen LogP contribution in [0.2, 0.25) is 5.02 Å². The molecule has 1 fully saturated rings. The molecule has 2 atom stereocenters. The highest BCUT2D eigenvalue weighted by molar-refractivity contribution is 7.99. The fraction of sp³-hybridized carbons (Fsp3) is 0.188. The van der Waals surface area contributed by atoms with Crippen LogP contribution in [-0.2, 0) is 24.0 Å². The number of aliphatic imine (C=N–C) groups is 1. The van der Waals surface area contributed by atoms with Crippen LogP contribution in [0.4, 0.5) is 8.78 Å². The average Bonchev–Trinajstić information content (AvgIpc) is 2.90. The monoisotopic (exact) mass is 369 g/mol. The van der Waals surface area contributed by atoms with Crippen molar-refractivity contribution in [3.05, 3.63) is 70.2 Å². The van der Waals surface area contributed by atoms with Gasteiger partial charge < -0.3 is 0 Å². The third-order valence-electron chi connectivity index (χ3n) is 3.57. The van der Waals surface area contributed by atoms with E-state index in [-0.39, 0.29) is 6.04 Å².